The van der Waals surface area contributed by atoms with Crippen molar-refractivity contribution in [1.82, 2.24) is 0 Å². The summed E-state index contributed by atoms with van der Waals surface area (Å²) in [6.07, 6.45) is -10.4. The average molecular weight is 254 g/mol. The van der Waals surface area contributed by atoms with Crippen LogP contribution in [0.4, 0.5) is 0 Å². The molecule has 17 heavy (non-hydrogen) atoms. The fourth-order valence-corrected chi connectivity index (χ4v) is 1.68. The predicted molar refractivity (Wildman–Crippen MR) is 52.8 cm³/mol. The van der Waals surface area contributed by atoms with Gasteiger partial charge in [0.1, 0.15) is 36.6 Å². The molecule has 6 N–H and O–H groups in total. The topological polar surface area (TPSA) is 140 Å². The first kappa shape index (κ1) is 14.7. The van der Waals surface area contributed by atoms with E-state index in [4.69, 9.17) is 14.6 Å². The van der Waals surface area contributed by atoms with Gasteiger partial charge in [-0.3, -0.25) is 0 Å². The van der Waals surface area contributed by atoms with Crippen LogP contribution in [0.3, 0.4) is 0 Å². The Morgan fingerprint density at radius 2 is 1.71 bits per heavy atom. The molecule has 1 saturated heterocycles. The second-order valence-corrected chi connectivity index (χ2v) is 3.92. The van der Waals surface area contributed by atoms with Crippen molar-refractivity contribution >= 4 is 0 Å². The quantitative estimate of drug-likeness (QED) is 0.300. The highest BCUT2D eigenvalue weighted by Gasteiger charge is 2.47. The summed E-state index contributed by atoms with van der Waals surface area (Å²) in [6.45, 7) is -0.732. The fraction of sp³-hybridized carbons (Fsp3) is 1.00. The Labute approximate surface area is 97.6 Å². The van der Waals surface area contributed by atoms with Gasteiger partial charge in [0.15, 0.2) is 6.29 Å². The molecule has 1 heterocycles. The van der Waals surface area contributed by atoms with E-state index in [0.29, 0.717) is 0 Å². The number of aliphatic hydroxyl groups excluding tert-OH is 6. The maximum Gasteiger partial charge on any atom is 0.186 e. The van der Waals surface area contributed by atoms with Gasteiger partial charge in [-0.2, -0.15) is 0 Å². The standard InChI is InChI=1S/C9H18O8/c1-16-9-7(15)5(13)6(14)8(17-9)4(12)3(11)2-10/h3-15H,2H2,1H3. The fourth-order valence-electron chi connectivity index (χ4n) is 1.68. The summed E-state index contributed by atoms with van der Waals surface area (Å²) in [4.78, 5) is 0. The molecule has 7 unspecified atom stereocenters. The van der Waals surface area contributed by atoms with Crippen molar-refractivity contribution in [2.75, 3.05) is 13.7 Å². The molecule has 102 valence electrons. The Hall–Kier alpha value is -0.320. The first-order valence-corrected chi connectivity index (χ1v) is 5.13. The van der Waals surface area contributed by atoms with Crippen molar-refractivity contribution < 1.29 is 40.1 Å². The van der Waals surface area contributed by atoms with Crippen LogP contribution in [0.1, 0.15) is 0 Å². The van der Waals surface area contributed by atoms with Crippen molar-refractivity contribution in [1.29, 1.82) is 0 Å². The molecule has 8 nitrogen and oxygen atoms in total. The lowest BCUT2D eigenvalue weighted by Crippen LogP contribution is -2.62. The van der Waals surface area contributed by atoms with Crippen molar-refractivity contribution in [3.8, 4) is 0 Å². The summed E-state index contributed by atoms with van der Waals surface area (Å²) in [7, 11) is 1.21. The summed E-state index contributed by atoms with van der Waals surface area (Å²) >= 11 is 0. The van der Waals surface area contributed by atoms with Gasteiger partial charge in [-0.05, 0) is 0 Å². The minimum atomic E-state index is -1.62. The van der Waals surface area contributed by atoms with Gasteiger partial charge in [0, 0.05) is 7.11 Å². The Morgan fingerprint density at radius 1 is 1.12 bits per heavy atom. The Bertz CT molecular complexity index is 231. The monoisotopic (exact) mass is 254 g/mol. The van der Waals surface area contributed by atoms with Crippen LogP contribution in [0.15, 0.2) is 0 Å². The van der Waals surface area contributed by atoms with Crippen molar-refractivity contribution in [3.05, 3.63) is 0 Å². The number of aliphatic hydroxyl groups is 6. The van der Waals surface area contributed by atoms with Crippen molar-refractivity contribution in [2.45, 2.75) is 42.9 Å². The molecule has 0 aromatic carbocycles. The molecule has 1 rings (SSSR count). The molecule has 8 heteroatoms. The summed E-state index contributed by atoms with van der Waals surface area (Å²) in [5.74, 6) is 0. The molecular formula is C9H18O8. The minimum Gasteiger partial charge on any atom is -0.394 e. The van der Waals surface area contributed by atoms with Crippen LogP contribution in [0, 0.1) is 0 Å². The highest BCUT2D eigenvalue weighted by atomic mass is 16.7. The number of rotatable bonds is 4. The Kier molecular flexibility index (Phi) is 5.22. The number of hydrogen-bond acceptors (Lipinski definition) is 8. The lowest BCUT2D eigenvalue weighted by molar-refractivity contribution is -0.309. The predicted octanol–water partition coefficient (Wildman–Crippen LogP) is -3.85. The van der Waals surface area contributed by atoms with Crippen LogP contribution in [0.2, 0.25) is 0 Å². The second kappa shape index (κ2) is 6.03. The maximum atomic E-state index is 9.59. The molecule has 1 aliphatic heterocycles. The van der Waals surface area contributed by atoms with E-state index in [-0.39, 0.29) is 0 Å². The normalized spacial score (nSPS) is 42.2. The summed E-state index contributed by atoms with van der Waals surface area (Å²) in [6, 6.07) is 0. The van der Waals surface area contributed by atoms with Crippen LogP contribution < -0.4 is 0 Å². The van der Waals surface area contributed by atoms with Crippen LogP contribution in [-0.2, 0) is 9.47 Å². The summed E-state index contributed by atoms with van der Waals surface area (Å²) in [5, 5.41) is 56.0. The lowest BCUT2D eigenvalue weighted by atomic mass is 9.93. The zero-order valence-electron chi connectivity index (χ0n) is 9.25. The van der Waals surface area contributed by atoms with Gasteiger partial charge in [0.25, 0.3) is 0 Å². The largest absolute Gasteiger partial charge is 0.394 e. The van der Waals surface area contributed by atoms with Gasteiger partial charge in [0.2, 0.25) is 0 Å². The first-order valence-electron chi connectivity index (χ1n) is 5.13. The third-order valence-electron chi connectivity index (χ3n) is 2.76. The number of methoxy groups -OCH3 is 1. The molecule has 0 aromatic heterocycles. The van der Waals surface area contributed by atoms with Gasteiger partial charge in [0.05, 0.1) is 6.61 Å². The molecule has 1 aliphatic rings. The van der Waals surface area contributed by atoms with Crippen molar-refractivity contribution in [2.24, 2.45) is 0 Å². The van der Waals surface area contributed by atoms with E-state index in [1.807, 2.05) is 0 Å². The smallest absolute Gasteiger partial charge is 0.186 e. The molecule has 0 saturated carbocycles. The van der Waals surface area contributed by atoms with Gasteiger partial charge in [-0.1, -0.05) is 0 Å². The minimum absolute atomic E-state index is 0.732. The molecular weight excluding hydrogens is 236 g/mol. The number of hydrogen-bond donors (Lipinski definition) is 6. The Balaban J connectivity index is 2.78. The van der Waals surface area contributed by atoms with Crippen LogP contribution in [-0.4, -0.2) is 87.3 Å². The first-order chi connectivity index (χ1) is 7.93. The molecule has 0 bridgehead atoms. The zero-order valence-corrected chi connectivity index (χ0v) is 9.25. The highest BCUT2D eigenvalue weighted by molar-refractivity contribution is 4.94. The molecule has 0 radical (unpaired) electrons. The van der Waals surface area contributed by atoms with Crippen LogP contribution >= 0.6 is 0 Å². The molecule has 0 spiro atoms. The van der Waals surface area contributed by atoms with E-state index >= 15 is 0 Å². The van der Waals surface area contributed by atoms with Gasteiger partial charge >= 0.3 is 0 Å². The third-order valence-corrected chi connectivity index (χ3v) is 2.76. The Morgan fingerprint density at radius 3 is 2.18 bits per heavy atom. The van der Waals surface area contributed by atoms with Gasteiger partial charge in [-0.15, -0.1) is 0 Å². The van der Waals surface area contributed by atoms with Gasteiger partial charge < -0.3 is 40.1 Å². The van der Waals surface area contributed by atoms with Crippen molar-refractivity contribution in [3.63, 3.8) is 0 Å². The highest BCUT2D eigenvalue weighted by Crippen LogP contribution is 2.24. The van der Waals surface area contributed by atoms with Gasteiger partial charge in [-0.25, -0.2) is 0 Å². The van der Waals surface area contributed by atoms with E-state index in [1.54, 1.807) is 0 Å². The average Bonchev–Trinajstić information content (AvgIpc) is 2.34. The van der Waals surface area contributed by atoms with E-state index < -0.39 is 49.5 Å². The lowest BCUT2D eigenvalue weighted by Gasteiger charge is -2.42. The molecule has 0 aromatic rings. The van der Waals surface area contributed by atoms with E-state index in [1.165, 1.54) is 7.11 Å². The van der Waals surface area contributed by atoms with E-state index in [2.05, 4.69) is 0 Å². The molecule has 0 amide bonds. The third kappa shape index (κ3) is 2.92. The molecule has 0 aliphatic carbocycles. The SMILES string of the molecule is COC1OC(C(O)C(O)CO)C(O)C(O)C1O. The van der Waals surface area contributed by atoms with E-state index in [0.717, 1.165) is 0 Å². The van der Waals surface area contributed by atoms with E-state index in [9.17, 15) is 25.5 Å². The number of ether oxygens (including phenoxy) is 2. The summed E-state index contributed by atoms with van der Waals surface area (Å²) < 4.78 is 9.73. The summed E-state index contributed by atoms with van der Waals surface area (Å²) in [5.41, 5.74) is 0. The van der Waals surface area contributed by atoms with Crippen LogP contribution in [0.5, 0.6) is 0 Å². The molecule has 7 atom stereocenters. The molecule has 1 fully saturated rings. The zero-order chi connectivity index (χ0) is 13.2. The maximum absolute atomic E-state index is 9.59. The second-order valence-electron chi connectivity index (χ2n) is 3.92. The van der Waals surface area contributed by atoms with Crippen LogP contribution in [0.25, 0.3) is 0 Å².